The van der Waals surface area contributed by atoms with E-state index in [0.717, 1.165) is 12.5 Å². The zero-order chi connectivity index (χ0) is 14.4. The molecule has 1 aliphatic rings. The standard InChI is InChI=1S/C13H19N3O3S/c1-2-19-13(18)10-8-20-12(16-10)7-15-11(17)6-14-5-9-3-4-9/h8-9,14H,2-7H2,1H3,(H,15,17). The highest BCUT2D eigenvalue weighted by Gasteiger charge is 2.20. The van der Waals surface area contributed by atoms with Crippen molar-refractivity contribution in [2.45, 2.75) is 26.3 Å². The Morgan fingerprint density at radius 3 is 3.00 bits per heavy atom. The van der Waals surface area contributed by atoms with Crippen LogP contribution in [0.25, 0.3) is 0 Å². The number of nitrogens with one attached hydrogen (secondary N) is 2. The predicted molar refractivity (Wildman–Crippen MR) is 75.5 cm³/mol. The van der Waals surface area contributed by atoms with Crippen molar-refractivity contribution < 1.29 is 14.3 Å². The van der Waals surface area contributed by atoms with E-state index in [1.165, 1.54) is 24.2 Å². The van der Waals surface area contributed by atoms with Crippen LogP contribution in [0.3, 0.4) is 0 Å². The second-order valence-corrected chi connectivity index (χ2v) is 5.64. The lowest BCUT2D eigenvalue weighted by atomic mass is 10.4. The second kappa shape index (κ2) is 7.35. The van der Waals surface area contributed by atoms with Crippen LogP contribution in [0.4, 0.5) is 0 Å². The quantitative estimate of drug-likeness (QED) is 0.698. The molecule has 110 valence electrons. The van der Waals surface area contributed by atoms with E-state index < -0.39 is 5.97 Å². The monoisotopic (exact) mass is 297 g/mol. The molecule has 7 heteroatoms. The maximum Gasteiger partial charge on any atom is 0.357 e. The van der Waals surface area contributed by atoms with E-state index in [2.05, 4.69) is 15.6 Å². The Balaban J connectivity index is 1.67. The van der Waals surface area contributed by atoms with Crippen LogP contribution in [-0.2, 0) is 16.1 Å². The Morgan fingerprint density at radius 2 is 2.30 bits per heavy atom. The van der Waals surface area contributed by atoms with Gasteiger partial charge in [0.15, 0.2) is 5.69 Å². The topological polar surface area (TPSA) is 80.3 Å². The van der Waals surface area contributed by atoms with Crippen LogP contribution in [0.15, 0.2) is 5.38 Å². The van der Waals surface area contributed by atoms with Gasteiger partial charge in [-0.1, -0.05) is 0 Å². The number of nitrogens with zero attached hydrogens (tertiary/aromatic N) is 1. The SMILES string of the molecule is CCOC(=O)c1csc(CNC(=O)CNCC2CC2)n1. The normalized spacial score (nSPS) is 14.1. The highest BCUT2D eigenvalue weighted by Crippen LogP contribution is 2.27. The van der Waals surface area contributed by atoms with Gasteiger partial charge in [-0.2, -0.15) is 0 Å². The van der Waals surface area contributed by atoms with Gasteiger partial charge >= 0.3 is 5.97 Å². The molecular weight excluding hydrogens is 278 g/mol. The lowest BCUT2D eigenvalue weighted by molar-refractivity contribution is -0.120. The number of carbonyl (C=O) groups excluding carboxylic acids is 2. The van der Waals surface area contributed by atoms with Gasteiger partial charge < -0.3 is 15.4 Å². The summed E-state index contributed by atoms with van der Waals surface area (Å²) in [4.78, 5) is 27.1. The van der Waals surface area contributed by atoms with Crippen molar-refractivity contribution >= 4 is 23.2 Å². The fourth-order valence-corrected chi connectivity index (χ4v) is 2.34. The summed E-state index contributed by atoms with van der Waals surface area (Å²) in [5.74, 6) is 0.278. The van der Waals surface area contributed by atoms with E-state index in [1.807, 2.05) is 0 Å². The van der Waals surface area contributed by atoms with Gasteiger partial charge in [0.05, 0.1) is 19.7 Å². The van der Waals surface area contributed by atoms with Gasteiger partial charge in [-0.3, -0.25) is 4.79 Å². The molecule has 0 aliphatic heterocycles. The van der Waals surface area contributed by atoms with Gasteiger partial charge in [-0.15, -0.1) is 11.3 Å². The molecule has 2 rings (SSSR count). The summed E-state index contributed by atoms with van der Waals surface area (Å²) < 4.78 is 4.86. The molecule has 20 heavy (non-hydrogen) atoms. The molecule has 1 heterocycles. The Morgan fingerprint density at radius 1 is 1.50 bits per heavy atom. The Labute approximate surface area is 121 Å². The van der Waals surface area contributed by atoms with Crippen molar-refractivity contribution in [2.24, 2.45) is 5.92 Å². The molecule has 0 bridgehead atoms. The van der Waals surface area contributed by atoms with E-state index in [1.54, 1.807) is 12.3 Å². The van der Waals surface area contributed by atoms with E-state index >= 15 is 0 Å². The van der Waals surface area contributed by atoms with Gasteiger partial charge in [0.25, 0.3) is 0 Å². The minimum Gasteiger partial charge on any atom is -0.461 e. The maximum absolute atomic E-state index is 11.6. The van der Waals surface area contributed by atoms with E-state index in [4.69, 9.17) is 4.74 Å². The first-order valence-electron chi connectivity index (χ1n) is 6.78. The molecule has 2 N–H and O–H groups in total. The fourth-order valence-electron chi connectivity index (χ4n) is 1.64. The highest BCUT2D eigenvalue weighted by molar-refractivity contribution is 7.09. The van der Waals surface area contributed by atoms with Crippen molar-refractivity contribution in [2.75, 3.05) is 19.7 Å². The fraction of sp³-hybridized carbons (Fsp3) is 0.615. The summed E-state index contributed by atoms with van der Waals surface area (Å²) in [5, 5.41) is 8.23. The minimum atomic E-state index is -0.424. The Kier molecular flexibility index (Phi) is 5.49. The van der Waals surface area contributed by atoms with Gasteiger partial charge in [-0.05, 0) is 32.2 Å². The summed E-state index contributed by atoms with van der Waals surface area (Å²) >= 11 is 1.34. The Bertz CT molecular complexity index is 471. The maximum atomic E-state index is 11.6. The number of ether oxygens (including phenoxy) is 1. The molecule has 1 aromatic heterocycles. The lowest BCUT2D eigenvalue weighted by Crippen LogP contribution is -2.34. The average Bonchev–Trinajstić information content (AvgIpc) is 3.12. The van der Waals surface area contributed by atoms with Gasteiger partial charge in [0, 0.05) is 5.38 Å². The van der Waals surface area contributed by atoms with Gasteiger partial charge in [0.2, 0.25) is 5.91 Å². The van der Waals surface area contributed by atoms with E-state index in [-0.39, 0.29) is 5.91 Å². The number of thiazole rings is 1. The number of carbonyl (C=O) groups is 2. The molecule has 1 amide bonds. The number of amides is 1. The molecule has 0 radical (unpaired) electrons. The molecule has 1 aliphatic carbocycles. The zero-order valence-corrected chi connectivity index (χ0v) is 12.3. The summed E-state index contributed by atoms with van der Waals surface area (Å²) in [5.41, 5.74) is 0.299. The molecule has 1 fully saturated rings. The van der Waals surface area contributed by atoms with Crippen molar-refractivity contribution in [1.82, 2.24) is 15.6 Å². The number of hydrogen-bond donors (Lipinski definition) is 2. The summed E-state index contributed by atoms with van der Waals surface area (Å²) in [6.07, 6.45) is 2.54. The molecule has 0 spiro atoms. The van der Waals surface area contributed by atoms with Crippen molar-refractivity contribution in [3.8, 4) is 0 Å². The van der Waals surface area contributed by atoms with Gasteiger partial charge in [0.1, 0.15) is 5.01 Å². The van der Waals surface area contributed by atoms with Crippen LogP contribution in [0.5, 0.6) is 0 Å². The molecular formula is C13H19N3O3S. The number of aromatic nitrogens is 1. The smallest absolute Gasteiger partial charge is 0.357 e. The van der Waals surface area contributed by atoms with E-state index in [9.17, 15) is 9.59 Å². The van der Waals surface area contributed by atoms with Crippen LogP contribution >= 0.6 is 11.3 Å². The highest BCUT2D eigenvalue weighted by atomic mass is 32.1. The number of hydrogen-bond acceptors (Lipinski definition) is 6. The van der Waals surface area contributed by atoms with Crippen LogP contribution in [0.1, 0.15) is 35.3 Å². The third-order valence-corrected chi connectivity index (χ3v) is 3.74. The summed E-state index contributed by atoms with van der Waals surface area (Å²) in [7, 11) is 0. The minimum absolute atomic E-state index is 0.0569. The third kappa shape index (κ3) is 4.90. The number of rotatable bonds is 8. The third-order valence-electron chi connectivity index (χ3n) is 2.89. The molecule has 1 saturated carbocycles. The first kappa shape index (κ1) is 14.9. The second-order valence-electron chi connectivity index (χ2n) is 4.70. The number of esters is 1. The molecule has 0 saturated heterocycles. The summed E-state index contributed by atoms with van der Waals surface area (Å²) in [6, 6.07) is 0. The Hall–Kier alpha value is -1.47. The predicted octanol–water partition coefficient (Wildman–Crippen LogP) is 0.936. The average molecular weight is 297 g/mol. The zero-order valence-electron chi connectivity index (χ0n) is 11.5. The molecule has 1 aromatic rings. The van der Waals surface area contributed by atoms with Crippen molar-refractivity contribution in [1.29, 1.82) is 0 Å². The van der Waals surface area contributed by atoms with E-state index in [0.29, 0.717) is 30.4 Å². The van der Waals surface area contributed by atoms with Crippen LogP contribution in [0.2, 0.25) is 0 Å². The first-order chi connectivity index (χ1) is 9.69. The van der Waals surface area contributed by atoms with Crippen LogP contribution in [0, 0.1) is 5.92 Å². The molecule has 6 nitrogen and oxygen atoms in total. The molecule has 0 atom stereocenters. The summed E-state index contributed by atoms with van der Waals surface area (Å²) in [6.45, 7) is 3.66. The van der Waals surface area contributed by atoms with Crippen molar-refractivity contribution in [3.05, 3.63) is 16.1 Å². The largest absolute Gasteiger partial charge is 0.461 e. The van der Waals surface area contributed by atoms with Crippen LogP contribution < -0.4 is 10.6 Å². The lowest BCUT2D eigenvalue weighted by Gasteiger charge is -2.04. The van der Waals surface area contributed by atoms with Gasteiger partial charge in [-0.25, -0.2) is 9.78 Å². The van der Waals surface area contributed by atoms with Crippen molar-refractivity contribution in [3.63, 3.8) is 0 Å². The first-order valence-corrected chi connectivity index (χ1v) is 7.66. The molecule has 0 aromatic carbocycles. The molecule has 0 unspecified atom stereocenters. The van der Waals surface area contributed by atoms with Crippen LogP contribution in [-0.4, -0.2) is 36.6 Å².